The van der Waals surface area contributed by atoms with E-state index in [4.69, 9.17) is 0 Å². The van der Waals surface area contributed by atoms with Gasteiger partial charge in [0.1, 0.15) is 5.78 Å². The van der Waals surface area contributed by atoms with Gasteiger partial charge in [0.15, 0.2) is 0 Å². The third-order valence-corrected chi connectivity index (χ3v) is 3.51. The molecule has 17 heavy (non-hydrogen) atoms. The molecule has 1 heterocycles. The van der Waals surface area contributed by atoms with E-state index in [2.05, 4.69) is 16.8 Å². The second-order valence-corrected chi connectivity index (χ2v) is 4.71. The molecule has 92 valence electrons. The van der Waals surface area contributed by atoms with E-state index in [-0.39, 0.29) is 0 Å². The standard InChI is InChI=1S/C14H20N2O/c1-2-16(11-12-6-8-15-9-7-12)13-4-3-5-14(17)10-13/h6-9,13H,2-5,10-11H2,1H3. The summed E-state index contributed by atoms with van der Waals surface area (Å²) in [6.07, 6.45) is 7.38. The third kappa shape index (κ3) is 3.37. The summed E-state index contributed by atoms with van der Waals surface area (Å²) in [6, 6.07) is 4.54. The van der Waals surface area contributed by atoms with Gasteiger partial charge >= 0.3 is 0 Å². The number of carbonyl (C=O) groups is 1. The second-order valence-electron chi connectivity index (χ2n) is 4.71. The Balaban J connectivity index is 1.98. The molecule has 1 aromatic heterocycles. The summed E-state index contributed by atoms with van der Waals surface area (Å²) >= 11 is 0. The fourth-order valence-electron chi connectivity index (χ4n) is 2.54. The number of nitrogens with zero attached hydrogens (tertiary/aromatic N) is 2. The fraction of sp³-hybridized carbons (Fsp3) is 0.571. The molecule has 1 atom stereocenters. The molecule has 1 saturated carbocycles. The first-order valence-corrected chi connectivity index (χ1v) is 6.44. The molecule has 0 saturated heterocycles. The van der Waals surface area contributed by atoms with Crippen molar-refractivity contribution in [2.45, 2.75) is 45.2 Å². The Hall–Kier alpha value is -1.22. The van der Waals surface area contributed by atoms with Gasteiger partial charge in [0, 0.05) is 37.8 Å². The quantitative estimate of drug-likeness (QED) is 0.799. The summed E-state index contributed by atoms with van der Waals surface area (Å²) in [7, 11) is 0. The first kappa shape index (κ1) is 12.2. The average Bonchev–Trinajstić information content (AvgIpc) is 2.37. The maximum absolute atomic E-state index is 11.5. The van der Waals surface area contributed by atoms with E-state index in [0.29, 0.717) is 11.8 Å². The van der Waals surface area contributed by atoms with Gasteiger partial charge in [-0.25, -0.2) is 0 Å². The van der Waals surface area contributed by atoms with E-state index in [0.717, 1.165) is 38.8 Å². The largest absolute Gasteiger partial charge is 0.300 e. The number of aromatic nitrogens is 1. The molecule has 0 radical (unpaired) electrons. The molecule has 0 N–H and O–H groups in total. The van der Waals surface area contributed by atoms with Crippen LogP contribution in [0.5, 0.6) is 0 Å². The molecular weight excluding hydrogens is 212 g/mol. The monoisotopic (exact) mass is 232 g/mol. The van der Waals surface area contributed by atoms with Crippen molar-refractivity contribution < 1.29 is 4.79 Å². The minimum Gasteiger partial charge on any atom is -0.300 e. The summed E-state index contributed by atoms with van der Waals surface area (Å²) in [6.45, 7) is 4.09. The Morgan fingerprint density at radius 2 is 2.18 bits per heavy atom. The molecule has 3 heteroatoms. The molecule has 1 fully saturated rings. The minimum absolute atomic E-state index is 0.425. The molecular formula is C14H20N2O. The highest BCUT2D eigenvalue weighted by Gasteiger charge is 2.24. The van der Waals surface area contributed by atoms with Gasteiger partial charge in [0.05, 0.1) is 0 Å². The molecule has 1 aliphatic rings. The topological polar surface area (TPSA) is 33.2 Å². The zero-order chi connectivity index (χ0) is 12.1. The molecule has 0 aliphatic heterocycles. The summed E-state index contributed by atoms with van der Waals surface area (Å²) in [5.74, 6) is 0.425. The molecule has 1 aliphatic carbocycles. The lowest BCUT2D eigenvalue weighted by atomic mass is 9.93. The Labute approximate surface area is 103 Å². The average molecular weight is 232 g/mol. The Morgan fingerprint density at radius 1 is 1.41 bits per heavy atom. The molecule has 0 amide bonds. The van der Waals surface area contributed by atoms with Crippen LogP contribution in [0.2, 0.25) is 0 Å². The van der Waals surface area contributed by atoms with Gasteiger partial charge in [0.2, 0.25) is 0 Å². The van der Waals surface area contributed by atoms with Crippen molar-refractivity contribution in [3.8, 4) is 0 Å². The van der Waals surface area contributed by atoms with Crippen molar-refractivity contribution >= 4 is 5.78 Å². The molecule has 0 spiro atoms. The highest BCUT2D eigenvalue weighted by molar-refractivity contribution is 5.79. The molecule has 0 bridgehead atoms. The molecule has 3 nitrogen and oxygen atoms in total. The zero-order valence-corrected chi connectivity index (χ0v) is 10.4. The van der Waals surface area contributed by atoms with Crippen LogP contribution in [0, 0.1) is 0 Å². The van der Waals surface area contributed by atoms with Crippen LogP contribution in [-0.4, -0.2) is 28.3 Å². The van der Waals surface area contributed by atoms with E-state index in [1.165, 1.54) is 5.56 Å². The van der Waals surface area contributed by atoms with Crippen LogP contribution in [0.1, 0.15) is 38.2 Å². The Morgan fingerprint density at radius 3 is 2.82 bits per heavy atom. The van der Waals surface area contributed by atoms with Gasteiger partial charge in [-0.15, -0.1) is 0 Å². The van der Waals surface area contributed by atoms with Crippen LogP contribution in [0.25, 0.3) is 0 Å². The lowest BCUT2D eigenvalue weighted by Crippen LogP contribution is -2.38. The number of ketones is 1. The van der Waals surface area contributed by atoms with E-state index in [9.17, 15) is 4.79 Å². The number of pyridine rings is 1. The van der Waals surface area contributed by atoms with E-state index in [1.807, 2.05) is 24.5 Å². The predicted molar refractivity (Wildman–Crippen MR) is 67.6 cm³/mol. The number of Topliss-reactive ketones (excluding diaryl/α,β-unsaturated/α-hetero) is 1. The molecule has 0 aromatic carbocycles. The van der Waals surface area contributed by atoms with Crippen LogP contribution in [-0.2, 0) is 11.3 Å². The summed E-state index contributed by atoms with van der Waals surface area (Å²) in [5, 5.41) is 0. The fourth-order valence-corrected chi connectivity index (χ4v) is 2.54. The molecule has 2 rings (SSSR count). The maximum atomic E-state index is 11.5. The van der Waals surface area contributed by atoms with Crippen LogP contribution in [0.15, 0.2) is 24.5 Å². The second kappa shape index (κ2) is 5.92. The summed E-state index contributed by atoms with van der Waals surface area (Å²) < 4.78 is 0. The molecule has 1 aromatic rings. The number of rotatable bonds is 4. The van der Waals surface area contributed by atoms with Gasteiger partial charge in [-0.2, -0.15) is 0 Å². The van der Waals surface area contributed by atoms with Crippen LogP contribution in [0.4, 0.5) is 0 Å². The van der Waals surface area contributed by atoms with Crippen molar-refractivity contribution in [2.24, 2.45) is 0 Å². The first-order chi connectivity index (χ1) is 8.29. The number of hydrogen-bond acceptors (Lipinski definition) is 3. The van der Waals surface area contributed by atoms with E-state index < -0.39 is 0 Å². The Kier molecular flexibility index (Phi) is 4.26. The first-order valence-electron chi connectivity index (χ1n) is 6.44. The van der Waals surface area contributed by atoms with Gasteiger partial charge in [0.25, 0.3) is 0 Å². The van der Waals surface area contributed by atoms with Gasteiger partial charge in [-0.1, -0.05) is 6.92 Å². The SMILES string of the molecule is CCN(Cc1ccncc1)C1CCCC(=O)C1. The zero-order valence-electron chi connectivity index (χ0n) is 10.4. The maximum Gasteiger partial charge on any atom is 0.134 e. The lowest BCUT2D eigenvalue weighted by molar-refractivity contribution is -0.122. The van der Waals surface area contributed by atoms with E-state index in [1.54, 1.807) is 0 Å². The van der Waals surface area contributed by atoms with Crippen LogP contribution >= 0.6 is 0 Å². The van der Waals surface area contributed by atoms with Gasteiger partial charge < -0.3 is 0 Å². The number of hydrogen-bond donors (Lipinski definition) is 0. The summed E-state index contributed by atoms with van der Waals surface area (Å²) in [5.41, 5.74) is 1.28. The van der Waals surface area contributed by atoms with Crippen LogP contribution < -0.4 is 0 Å². The van der Waals surface area contributed by atoms with Gasteiger partial charge in [-0.3, -0.25) is 14.7 Å². The minimum atomic E-state index is 0.425. The highest BCUT2D eigenvalue weighted by atomic mass is 16.1. The molecule has 1 unspecified atom stereocenters. The number of carbonyl (C=O) groups excluding carboxylic acids is 1. The van der Waals surface area contributed by atoms with Crippen molar-refractivity contribution in [1.29, 1.82) is 0 Å². The van der Waals surface area contributed by atoms with E-state index >= 15 is 0 Å². The van der Waals surface area contributed by atoms with Crippen molar-refractivity contribution in [1.82, 2.24) is 9.88 Å². The predicted octanol–water partition coefficient (Wildman–Crippen LogP) is 2.42. The van der Waals surface area contributed by atoms with Gasteiger partial charge in [-0.05, 0) is 37.1 Å². The third-order valence-electron chi connectivity index (χ3n) is 3.51. The normalized spacial score (nSPS) is 20.8. The van der Waals surface area contributed by atoms with Crippen LogP contribution in [0.3, 0.4) is 0 Å². The smallest absolute Gasteiger partial charge is 0.134 e. The summed E-state index contributed by atoms with van der Waals surface area (Å²) in [4.78, 5) is 17.9. The van der Waals surface area contributed by atoms with Crippen molar-refractivity contribution in [3.05, 3.63) is 30.1 Å². The lowest BCUT2D eigenvalue weighted by Gasteiger charge is -2.32. The van der Waals surface area contributed by atoms with Crippen molar-refractivity contribution in [2.75, 3.05) is 6.54 Å². The van der Waals surface area contributed by atoms with Crippen molar-refractivity contribution in [3.63, 3.8) is 0 Å². The highest BCUT2D eigenvalue weighted by Crippen LogP contribution is 2.21. The Bertz CT molecular complexity index is 364.